The maximum absolute atomic E-state index is 12.3. The minimum atomic E-state index is -0.104. The molecule has 88 valence electrons. The number of hydrogen-bond donors (Lipinski definition) is 0. The molecule has 3 rings (SSSR count). The van der Waals surface area contributed by atoms with Crippen LogP contribution in [0.5, 0.6) is 0 Å². The van der Waals surface area contributed by atoms with Crippen molar-refractivity contribution in [1.29, 1.82) is 0 Å². The summed E-state index contributed by atoms with van der Waals surface area (Å²) >= 11 is 5.80. The maximum atomic E-state index is 12.3. The molecule has 4 nitrogen and oxygen atoms in total. The van der Waals surface area contributed by atoms with Crippen LogP contribution in [0.15, 0.2) is 48.9 Å². The molecule has 0 aliphatic carbocycles. The van der Waals surface area contributed by atoms with Crippen molar-refractivity contribution in [3.63, 3.8) is 0 Å². The van der Waals surface area contributed by atoms with E-state index in [1.165, 1.54) is 6.20 Å². The molecule has 3 aromatic rings. The van der Waals surface area contributed by atoms with Crippen molar-refractivity contribution in [1.82, 2.24) is 14.4 Å². The molecule has 18 heavy (non-hydrogen) atoms. The number of carbonyl (C=O) groups excluding carboxylic acids is 1. The molecule has 0 amide bonds. The van der Waals surface area contributed by atoms with E-state index in [0.29, 0.717) is 22.1 Å². The maximum Gasteiger partial charge on any atom is 0.234 e. The molecule has 0 radical (unpaired) electrons. The number of benzene rings is 1. The number of halogens is 1. The van der Waals surface area contributed by atoms with Crippen molar-refractivity contribution < 1.29 is 4.79 Å². The van der Waals surface area contributed by atoms with Crippen molar-refractivity contribution in [3.05, 3.63) is 65.2 Å². The van der Waals surface area contributed by atoms with E-state index in [1.54, 1.807) is 47.1 Å². The van der Waals surface area contributed by atoms with Gasteiger partial charge in [0.25, 0.3) is 0 Å². The molecule has 0 saturated heterocycles. The summed E-state index contributed by atoms with van der Waals surface area (Å²) in [5.41, 5.74) is 1.06. The van der Waals surface area contributed by atoms with E-state index in [4.69, 9.17) is 11.6 Å². The molecule has 2 heterocycles. The number of imidazole rings is 1. The van der Waals surface area contributed by atoms with Gasteiger partial charge in [0.2, 0.25) is 11.6 Å². The van der Waals surface area contributed by atoms with Crippen molar-refractivity contribution >= 4 is 23.2 Å². The molecule has 0 unspecified atom stereocenters. The standard InChI is InChI=1S/C13H8ClN3O/c14-10-4-2-9(3-5-10)12(18)11-8-16-13-15-6-1-7-17(11)13/h1-8H. The lowest BCUT2D eigenvalue weighted by atomic mass is 10.1. The van der Waals surface area contributed by atoms with Crippen LogP contribution in [0.2, 0.25) is 5.02 Å². The van der Waals surface area contributed by atoms with Crippen LogP contribution < -0.4 is 0 Å². The molecule has 0 aliphatic heterocycles. The van der Waals surface area contributed by atoms with E-state index >= 15 is 0 Å². The summed E-state index contributed by atoms with van der Waals surface area (Å²) in [6.45, 7) is 0. The van der Waals surface area contributed by atoms with Gasteiger partial charge < -0.3 is 0 Å². The predicted molar refractivity (Wildman–Crippen MR) is 67.9 cm³/mol. The molecule has 1 aromatic carbocycles. The van der Waals surface area contributed by atoms with Crippen LogP contribution in [0.3, 0.4) is 0 Å². The fourth-order valence-corrected chi connectivity index (χ4v) is 1.87. The van der Waals surface area contributed by atoms with Gasteiger partial charge in [-0.25, -0.2) is 9.97 Å². The molecule has 5 heteroatoms. The number of fused-ring (bicyclic) bond motifs is 1. The normalized spacial score (nSPS) is 10.7. The molecular formula is C13H8ClN3O. The van der Waals surface area contributed by atoms with Crippen LogP contribution in [0.25, 0.3) is 5.78 Å². The molecule has 0 atom stereocenters. The molecule has 0 N–H and O–H groups in total. The number of aromatic nitrogens is 3. The zero-order valence-electron chi connectivity index (χ0n) is 9.25. The number of carbonyl (C=O) groups is 1. The van der Waals surface area contributed by atoms with E-state index in [0.717, 1.165) is 0 Å². The van der Waals surface area contributed by atoms with Crippen molar-refractivity contribution in [2.24, 2.45) is 0 Å². The topological polar surface area (TPSA) is 47.3 Å². The molecule has 0 bridgehead atoms. The van der Waals surface area contributed by atoms with Gasteiger partial charge >= 0.3 is 0 Å². The van der Waals surface area contributed by atoms with Crippen molar-refractivity contribution in [2.75, 3.05) is 0 Å². The molecule has 0 saturated carbocycles. The van der Waals surface area contributed by atoms with Gasteiger partial charge in [0.1, 0.15) is 5.69 Å². The Bertz CT molecular complexity index is 718. The van der Waals surface area contributed by atoms with Crippen molar-refractivity contribution in [2.45, 2.75) is 0 Å². The molecule has 0 spiro atoms. The second-order valence-corrected chi connectivity index (χ2v) is 4.21. The van der Waals surface area contributed by atoms with Gasteiger partial charge in [0.05, 0.1) is 6.20 Å². The number of rotatable bonds is 2. The highest BCUT2D eigenvalue weighted by molar-refractivity contribution is 6.30. The summed E-state index contributed by atoms with van der Waals surface area (Å²) in [7, 11) is 0. The van der Waals surface area contributed by atoms with Gasteiger partial charge in [-0.2, -0.15) is 0 Å². The van der Waals surface area contributed by atoms with E-state index in [-0.39, 0.29) is 5.78 Å². The summed E-state index contributed by atoms with van der Waals surface area (Å²) in [6.07, 6.45) is 4.93. The van der Waals surface area contributed by atoms with Crippen LogP contribution in [0.1, 0.15) is 16.1 Å². The minimum absolute atomic E-state index is 0.104. The van der Waals surface area contributed by atoms with Crippen molar-refractivity contribution in [3.8, 4) is 0 Å². The second kappa shape index (κ2) is 4.23. The molecule has 2 aromatic heterocycles. The van der Waals surface area contributed by atoms with E-state index in [1.807, 2.05) is 0 Å². The average molecular weight is 258 g/mol. The molecular weight excluding hydrogens is 250 g/mol. The number of nitrogens with zero attached hydrogens (tertiary/aromatic N) is 3. The van der Waals surface area contributed by atoms with Crippen LogP contribution in [0, 0.1) is 0 Å². The minimum Gasteiger partial charge on any atom is -0.287 e. The Morgan fingerprint density at radius 2 is 1.94 bits per heavy atom. The largest absolute Gasteiger partial charge is 0.287 e. The lowest BCUT2D eigenvalue weighted by molar-refractivity contribution is 0.103. The first-order chi connectivity index (χ1) is 8.75. The first kappa shape index (κ1) is 10.9. The van der Waals surface area contributed by atoms with E-state index in [9.17, 15) is 4.79 Å². The summed E-state index contributed by atoms with van der Waals surface area (Å²) in [5.74, 6) is 0.405. The number of ketones is 1. The van der Waals surface area contributed by atoms with E-state index in [2.05, 4.69) is 9.97 Å². The summed E-state index contributed by atoms with van der Waals surface area (Å²) in [5, 5.41) is 0.603. The summed E-state index contributed by atoms with van der Waals surface area (Å²) in [4.78, 5) is 20.5. The SMILES string of the molecule is O=C(c1ccc(Cl)cc1)c1cnc2ncccn12. The van der Waals surface area contributed by atoms with Gasteiger partial charge in [-0.1, -0.05) is 11.6 Å². The Morgan fingerprint density at radius 3 is 2.72 bits per heavy atom. The van der Waals surface area contributed by atoms with Gasteiger partial charge in [-0.3, -0.25) is 9.20 Å². The third-order valence-corrected chi connectivity index (χ3v) is 2.88. The molecule has 0 aliphatic rings. The highest BCUT2D eigenvalue weighted by atomic mass is 35.5. The zero-order chi connectivity index (χ0) is 12.5. The predicted octanol–water partition coefficient (Wildman–Crippen LogP) is 2.61. The van der Waals surface area contributed by atoms with Gasteiger partial charge in [-0.15, -0.1) is 0 Å². The summed E-state index contributed by atoms with van der Waals surface area (Å²) in [6, 6.07) is 8.53. The van der Waals surface area contributed by atoms with Gasteiger partial charge in [0, 0.05) is 23.0 Å². The Labute approximate surface area is 108 Å². The Kier molecular flexibility index (Phi) is 2.57. The molecule has 0 fully saturated rings. The van der Waals surface area contributed by atoms with Crippen LogP contribution in [-0.2, 0) is 0 Å². The smallest absolute Gasteiger partial charge is 0.234 e. The monoisotopic (exact) mass is 257 g/mol. The van der Waals surface area contributed by atoms with Crippen LogP contribution in [0.4, 0.5) is 0 Å². The number of hydrogen-bond acceptors (Lipinski definition) is 3. The van der Waals surface area contributed by atoms with Crippen LogP contribution in [-0.4, -0.2) is 20.2 Å². The average Bonchev–Trinajstić information content (AvgIpc) is 2.82. The third-order valence-electron chi connectivity index (χ3n) is 2.63. The zero-order valence-corrected chi connectivity index (χ0v) is 10.0. The summed E-state index contributed by atoms with van der Waals surface area (Å²) < 4.78 is 1.66. The third kappa shape index (κ3) is 1.76. The van der Waals surface area contributed by atoms with Gasteiger partial charge in [-0.05, 0) is 30.3 Å². The lowest BCUT2D eigenvalue weighted by Crippen LogP contribution is -2.05. The van der Waals surface area contributed by atoms with Gasteiger partial charge in [0.15, 0.2) is 0 Å². The Hall–Kier alpha value is -2.20. The Balaban J connectivity index is 2.09. The fourth-order valence-electron chi connectivity index (χ4n) is 1.74. The van der Waals surface area contributed by atoms with Crippen LogP contribution >= 0.6 is 11.6 Å². The quantitative estimate of drug-likeness (QED) is 0.663. The Morgan fingerprint density at radius 1 is 1.17 bits per heavy atom. The highest BCUT2D eigenvalue weighted by Crippen LogP contribution is 2.14. The first-order valence-corrected chi connectivity index (χ1v) is 5.72. The van der Waals surface area contributed by atoms with E-state index < -0.39 is 0 Å². The lowest BCUT2D eigenvalue weighted by Gasteiger charge is -2.00. The first-order valence-electron chi connectivity index (χ1n) is 5.34. The highest BCUT2D eigenvalue weighted by Gasteiger charge is 2.14. The fraction of sp³-hybridized carbons (Fsp3) is 0. The second-order valence-electron chi connectivity index (χ2n) is 3.77.